The van der Waals surface area contributed by atoms with E-state index in [0.717, 1.165) is 26.9 Å². The number of thiophene rings is 1. The van der Waals surface area contributed by atoms with Gasteiger partial charge in [-0.25, -0.2) is 4.98 Å². The summed E-state index contributed by atoms with van der Waals surface area (Å²) in [7, 11) is 0. The van der Waals surface area contributed by atoms with Crippen LogP contribution in [0.4, 0.5) is 0 Å². The van der Waals surface area contributed by atoms with Crippen LogP contribution in [-0.2, 0) is 16.6 Å². The Bertz CT molecular complexity index is 792. The molecule has 0 aliphatic heterocycles. The Hall–Kier alpha value is -1.66. The summed E-state index contributed by atoms with van der Waals surface area (Å²) in [4.78, 5) is 18.0. The minimum Gasteiger partial charge on any atom is -0.481 e. The van der Waals surface area contributed by atoms with E-state index in [1.54, 1.807) is 22.7 Å². The molecule has 3 heterocycles. The van der Waals surface area contributed by atoms with Crippen molar-refractivity contribution >= 4 is 33.6 Å². The van der Waals surface area contributed by atoms with Gasteiger partial charge in [-0.05, 0) is 11.4 Å². The molecule has 6 heteroatoms. The van der Waals surface area contributed by atoms with Gasteiger partial charge in [0.2, 0.25) is 0 Å². The fraction of sp³-hybridized carbons (Fsp3) is 0.333. The predicted octanol–water partition coefficient (Wildman–Crippen LogP) is 4.05. The number of carboxylic acids is 1. The van der Waals surface area contributed by atoms with Crippen LogP contribution in [0, 0.1) is 0 Å². The summed E-state index contributed by atoms with van der Waals surface area (Å²) in [5.74, 6) is -0.828. The molecule has 3 aromatic heterocycles. The van der Waals surface area contributed by atoms with Crippen LogP contribution in [0.3, 0.4) is 0 Å². The summed E-state index contributed by atoms with van der Waals surface area (Å²) >= 11 is 3.21. The molecule has 0 amide bonds. The first-order valence-electron chi connectivity index (χ1n) is 6.63. The number of aliphatic carboxylic acids is 1. The number of hydrogen-bond donors (Lipinski definition) is 1. The zero-order chi connectivity index (χ0) is 15.2. The minimum atomic E-state index is -0.828. The van der Waals surface area contributed by atoms with Gasteiger partial charge in [0.05, 0.1) is 28.4 Å². The van der Waals surface area contributed by atoms with Crippen molar-refractivity contribution in [3.05, 3.63) is 34.3 Å². The smallest absolute Gasteiger partial charge is 0.309 e. The molecule has 0 aliphatic carbocycles. The number of aromatic nitrogens is 2. The second-order valence-electron chi connectivity index (χ2n) is 5.94. The van der Waals surface area contributed by atoms with Crippen molar-refractivity contribution in [2.75, 3.05) is 0 Å². The summed E-state index contributed by atoms with van der Waals surface area (Å²) in [5.41, 5.74) is 2.51. The summed E-state index contributed by atoms with van der Waals surface area (Å²) in [6.07, 6.45) is -0.0110. The van der Waals surface area contributed by atoms with Crippen molar-refractivity contribution in [2.45, 2.75) is 32.6 Å². The first-order valence-corrected chi connectivity index (χ1v) is 8.39. The molecule has 0 radical (unpaired) electrons. The Labute approximate surface area is 130 Å². The van der Waals surface area contributed by atoms with Gasteiger partial charge in [0.15, 0.2) is 4.96 Å². The third-order valence-corrected chi connectivity index (χ3v) is 4.98. The number of carboxylic acid groups (broad SMARTS) is 1. The SMILES string of the molecule is CC(C)(C)c1nc2scc(-c3cccs3)n2c1CC(=O)O. The molecule has 1 N–H and O–H groups in total. The quantitative estimate of drug-likeness (QED) is 0.792. The number of rotatable bonds is 3. The maximum atomic E-state index is 11.3. The van der Waals surface area contributed by atoms with Gasteiger partial charge in [-0.15, -0.1) is 22.7 Å². The van der Waals surface area contributed by atoms with Crippen molar-refractivity contribution in [1.29, 1.82) is 0 Å². The fourth-order valence-corrected chi connectivity index (χ4v) is 4.13. The molecule has 4 nitrogen and oxygen atoms in total. The summed E-state index contributed by atoms with van der Waals surface area (Å²) in [6, 6.07) is 4.05. The zero-order valence-electron chi connectivity index (χ0n) is 12.1. The van der Waals surface area contributed by atoms with Crippen LogP contribution in [-0.4, -0.2) is 20.5 Å². The molecule has 3 aromatic rings. The van der Waals surface area contributed by atoms with E-state index in [4.69, 9.17) is 4.98 Å². The van der Waals surface area contributed by atoms with Gasteiger partial charge in [-0.1, -0.05) is 26.8 Å². The van der Waals surface area contributed by atoms with Crippen molar-refractivity contribution in [2.24, 2.45) is 0 Å². The second-order valence-corrected chi connectivity index (χ2v) is 7.73. The van der Waals surface area contributed by atoms with Gasteiger partial charge >= 0.3 is 5.97 Å². The average Bonchev–Trinajstić information content (AvgIpc) is 3.03. The molecule has 3 rings (SSSR count). The van der Waals surface area contributed by atoms with Crippen LogP contribution in [0.1, 0.15) is 32.2 Å². The summed E-state index contributed by atoms with van der Waals surface area (Å²) in [6.45, 7) is 6.20. The maximum Gasteiger partial charge on any atom is 0.309 e. The number of carbonyl (C=O) groups is 1. The molecule has 0 unspecified atom stereocenters. The monoisotopic (exact) mass is 320 g/mol. The molecule has 0 aliphatic rings. The van der Waals surface area contributed by atoms with Crippen LogP contribution in [0.25, 0.3) is 15.5 Å². The zero-order valence-corrected chi connectivity index (χ0v) is 13.7. The number of imidazole rings is 1. The van der Waals surface area contributed by atoms with Crippen LogP contribution in [0.15, 0.2) is 22.9 Å². The molecular weight excluding hydrogens is 304 g/mol. The van der Waals surface area contributed by atoms with Crippen molar-refractivity contribution in [3.63, 3.8) is 0 Å². The Morgan fingerprint density at radius 1 is 1.38 bits per heavy atom. The van der Waals surface area contributed by atoms with Gasteiger partial charge in [0.1, 0.15) is 0 Å². The maximum absolute atomic E-state index is 11.3. The average molecular weight is 320 g/mol. The van der Waals surface area contributed by atoms with Gasteiger partial charge in [-0.3, -0.25) is 9.20 Å². The van der Waals surface area contributed by atoms with E-state index < -0.39 is 5.97 Å². The van der Waals surface area contributed by atoms with E-state index in [1.807, 2.05) is 27.3 Å². The topological polar surface area (TPSA) is 54.6 Å². The highest BCUT2D eigenvalue weighted by molar-refractivity contribution is 7.16. The Morgan fingerprint density at radius 3 is 2.71 bits per heavy atom. The number of nitrogens with zero attached hydrogens (tertiary/aromatic N) is 2. The van der Waals surface area contributed by atoms with Crippen molar-refractivity contribution < 1.29 is 9.90 Å². The lowest BCUT2D eigenvalue weighted by atomic mass is 9.90. The van der Waals surface area contributed by atoms with Crippen LogP contribution in [0.5, 0.6) is 0 Å². The largest absolute Gasteiger partial charge is 0.481 e. The lowest BCUT2D eigenvalue weighted by molar-refractivity contribution is -0.136. The van der Waals surface area contributed by atoms with Crippen LogP contribution >= 0.6 is 22.7 Å². The molecule has 0 bridgehead atoms. The number of hydrogen-bond acceptors (Lipinski definition) is 4. The highest BCUT2D eigenvalue weighted by atomic mass is 32.1. The van der Waals surface area contributed by atoms with Crippen molar-refractivity contribution in [3.8, 4) is 10.6 Å². The second kappa shape index (κ2) is 4.96. The molecule has 0 aromatic carbocycles. The third-order valence-electron chi connectivity index (χ3n) is 3.26. The normalized spacial score (nSPS) is 12.1. The lowest BCUT2D eigenvalue weighted by Gasteiger charge is -2.17. The van der Waals surface area contributed by atoms with Gasteiger partial charge in [0, 0.05) is 10.8 Å². The van der Waals surface area contributed by atoms with Crippen LogP contribution < -0.4 is 0 Å². The highest BCUT2D eigenvalue weighted by Gasteiger charge is 2.27. The Morgan fingerprint density at radius 2 is 2.14 bits per heavy atom. The highest BCUT2D eigenvalue weighted by Crippen LogP contribution is 2.35. The molecule has 110 valence electrons. The molecule has 0 atom stereocenters. The molecule has 21 heavy (non-hydrogen) atoms. The van der Waals surface area contributed by atoms with E-state index in [1.165, 1.54) is 0 Å². The van der Waals surface area contributed by atoms with Crippen LogP contribution in [0.2, 0.25) is 0 Å². The van der Waals surface area contributed by atoms with E-state index in [0.29, 0.717) is 0 Å². The number of fused-ring (bicyclic) bond motifs is 1. The first-order chi connectivity index (χ1) is 9.88. The molecular formula is C15H16N2O2S2. The Balaban J connectivity index is 2.29. The molecule has 0 spiro atoms. The van der Waals surface area contributed by atoms with E-state index in [-0.39, 0.29) is 11.8 Å². The van der Waals surface area contributed by atoms with Gasteiger partial charge in [-0.2, -0.15) is 0 Å². The van der Waals surface area contributed by atoms with E-state index in [2.05, 4.69) is 20.8 Å². The van der Waals surface area contributed by atoms with Gasteiger partial charge < -0.3 is 5.11 Å². The Kier molecular flexibility index (Phi) is 3.37. The summed E-state index contributed by atoms with van der Waals surface area (Å²) in [5, 5.41) is 13.3. The standard InChI is InChI=1S/C15H16N2O2S2/c1-15(2,3)13-9(7-12(18)19)17-10(8-21-14(17)16-13)11-5-4-6-20-11/h4-6,8H,7H2,1-3H3,(H,18,19). The minimum absolute atomic E-state index is 0.0110. The molecule has 0 saturated carbocycles. The van der Waals surface area contributed by atoms with E-state index >= 15 is 0 Å². The summed E-state index contributed by atoms with van der Waals surface area (Å²) < 4.78 is 2.01. The predicted molar refractivity (Wildman–Crippen MR) is 86.4 cm³/mol. The molecule has 0 fully saturated rings. The molecule has 0 saturated heterocycles. The van der Waals surface area contributed by atoms with E-state index in [9.17, 15) is 9.90 Å². The van der Waals surface area contributed by atoms with Gasteiger partial charge in [0.25, 0.3) is 0 Å². The fourth-order valence-electron chi connectivity index (χ4n) is 2.42. The lowest BCUT2D eigenvalue weighted by Crippen LogP contribution is -2.17. The van der Waals surface area contributed by atoms with Crippen molar-refractivity contribution in [1.82, 2.24) is 9.38 Å². The first kappa shape index (κ1) is 14.3. The third kappa shape index (κ3) is 2.49. The number of thiazole rings is 1.